The second kappa shape index (κ2) is 8.62. The molecule has 0 saturated carbocycles. The molecule has 0 aliphatic rings. The van der Waals surface area contributed by atoms with Crippen LogP contribution in [0.15, 0.2) is 88.9 Å². The molecule has 0 aliphatic carbocycles. The van der Waals surface area contributed by atoms with Crippen LogP contribution in [0.4, 0.5) is 5.69 Å². The van der Waals surface area contributed by atoms with E-state index >= 15 is 0 Å². The predicted molar refractivity (Wildman–Crippen MR) is 119 cm³/mol. The van der Waals surface area contributed by atoms with Gasteiger partial charge in [-0.25, -0.2) is 14.5 Å². The molecule has 0 amide bonds. The molecule has 7 heteroatoms. The molecule has 0 N–H and O–H groups in total. The summed E-state index contributed by atoms with van der Waals surface area (Å²) in [6.07, 6.45) is 4.65. The molecule has 4 aromatic rings. The number of pyridine rings is 1. The molecule has 4 rings (SSSR count). The Morgan fingerprint density at radius 1 is 1.03 bits per heavy atom. The average Bonchev–Trinajstić information content (AvgIpc) is 3.01. The van der Waals surface area contributed by atoms with Gasteiger partial charge < -0.3 is 4.74 Å². The number of aliphatic imine (C=N–C) groups is 1. The monoisotopic (exact) mass is 412 g/mol. The van der Waals surface area contributed by atoms with Crippen LogP contribution in [0, 0.1) is 6.92 Å². The second-order valence-electron chi connectivity index (χ2n) is 6.87. The third-order valence-electron chi connectivity index (χ3n) is 4.85. The number of aromatic nitrogens is 3. The molecule has 31 heavy (non-hydrogen) atoms. The van der Waals surface area contributed by atoms with Crippen molar-refractivity contribution in [2.75, 3.05) is 0 Å². The first-order valence-electron chi connectivity index (χ1n) is 9.65. The summed E-state index contributed by atoms with van der Waals surface area (Å²) < 4.78 is 8.78. The summed E-state index contributed by atoms with van der Waals surface area (Å²) in [4.78, 5) is 33.5. The van der Waals surface area contributed by atoms with Crippen LogP contribution < -0.4 is 10.3 Å². The highest BCUT2D eigenvalue weighted by molar-refractivity contribution is 5.91. The maximum absolute atomic E-state index is 13.0. The standard InChI is InChI=1S/C24H20N4O3/c1-17-22(23(29)28(27(17)2)20-8-4-3-5-9-20)26-16-18-7-6-10-21(15-18)31-24(30)19-11-13-25-14-12-19/h3-16H,1-2H3. The van der Waals surface area contributed by atoms with Crippen molar-refractivity contribution in [3.8, 4) is 11.4 Å². The molecule has 0 aliphatic heterocycles. The number of carbonyl (C=O) groups excluding carboxylic acids is 1. The fourth-order valence-corrected chi connectivity index (χ4v) is 3.15. The lowest BCUT2D eigenvalue weighted by Crippen LogP contribution is -2.19. The summed E-state index contributed by atoms with van der Waals surface area (Å²) in [6.45, 7) is 1.85. The minimum absolute atomic E-state index is 0.206. The van der Waals surface area contributed by atoms with E-state index in [2.05, 4.69) is 9.98 Å². The van der Waals surface area contributed by atoms with Gasteiger partial charge in [-0.05, 0) is 48.9 Å². The normalized spacial score (nSPS) is 11.0. The maximum atomic E-state index is 13.0. The summed E-state index contributed by atoms with van der Waals surface area (Å²) in [5.41, 5.74) is 2.77. The number of hydrogen-bond donors (Lipinski definition) is 0. The highest BCUT2D eigenvalue weighted by atomic mass is 16.5. The second-order valence-corrected chi connectivity index (χ2v) is 6.87. The third kappa shape index (κ3) is 4.20. The molecule has 2 aromatic carbocycles. The lowest BCUT2D eigenvalue weighted by atomic mass is 10.2. The molecule has 7 nitrogen and oxygen atoms in total. The van der Waals surface area contributed by atoms with Gasteiger partial charge in [0.05, 0.1) is 16.9 Å². The first-order valence-corrected chi connectivity index (χ1v) is 9.65. The molecule has 0 atom stereocenters. The van der Waals surface area contributed by atoms with E-state index in [0.29, 0.717) is 22.6 Å². The molecule has 2 heterocycles. The quantitative estimate of drug-likeness (QED) is 0.283. The lowest BCUT2D eigenvalue weighted by molar-refractivity contribution is 0.0734. The first-order chi connectivity index (χ1) is 15.0. The average molecular weight is 412 g/mol. The van der Waals surface area contributed by atoms with E-state index in [4.69, 9.17) is 4.74 Å². The molecule has 2 aromatic heterocycles. The van der Waals surface area contributed by atoms with Gasteiger partial charge >= 0.3 is 5.97 Å². The van der Waals surface area contributed by atoms with Gasteiger partial charge in [-0.1, -0.05) is 30.3 Å². The summed E-state index contributed by atoms with van der Waals surface area (Å²) in [5, 5.41) is 0. The maximum Gasteiger partial charge on any atom is 0.343 e. The van der Waals surface area contributed by atoms with Crippen LogP contribution in [0.1, 0.15) is 21.6 Å². The fraction of sp³-hybridized carbons (Fsp3) is 0.0833. The number of rotatable bonds is 5. The number of hydrogen-bond acceptors (Lipinski definition) is 5. The Kier molecular flexibility index (Phi) is 5.57. The van der Waals surface area contributed by atoms with Gasteiger partial charge in [0.25, 0.3) is 5.56 Å². The number of para-hydroxylation sites is 1. The Morgan fingerprint density at radius 3 is 2.52 bits per heavy atom. The van der Waals surface area contributed by atoms with E-state index in [1.54, 1.807) is 45.9 Å². The predicted octanol–water partition coefficient (Wildman–Crippen LogP) is 3.85. The highest BCUT2D eigenvalue weighted by Gasteiger charge is 2.15. The van der Waals surface area contributed by atoms with Crippen LogP contribution in [-0.2, 0) is 7.05 Å². The fourth-order valence-electron chi connectivity index (χ4n) is 3.15. The van der Waals surface area contributed by atoms with Crippen LogP contribution in [-0.4, -0.2) is 26.5 Å². The van der Waals surface area contributed by atoms with Gasteiger partial charge in [-0.15, -0.1) is 0 Å². The van der Waals surface area contributed by atoms with Crippen LogP contribution in [0.2, 0.25) is 0 Å². The molecule has 0 unspecified atom stereocenters. The van der Waals surface area contributed by atoms with Crippen molar-refractivity contribution < 1.29 is 9.53 Å². The first kappa shape index (κ1) is 20.0. The van der Waals surface area contributed by atoms with Crippen LogP contribution in [0.5, 0.6) is 5.75 Å². The van der Waals surface area contributed by atoms with E-state index in [1.807, 2.05) is 50.4 Å². The van der Waals surface area contributed by atoms with Gasteiger partial charge in [-0.3, -0.25) is 14.5 Å². The van der Waals surface area contributed by atoms with Crippen molar-refractivity contribution in [1.82, 2.24) is 14.3 Å². The van der Waals surface area contributed by atoms with E-state index < -0.39 is 5.97 Å². The van der Waals surface area contributed by atoms with Gasteiger partial charge in [0.2, 0.25) is 0 Å². The van der Waals surface area contributed by atoms with Crippen molar-refractivity contribution >= 4 is 17.9 Å². The minimum atomic E-state index is -0.471. The largest absolute Gasteiger partial charge is 0.423 e. The summed E-state index contributed by atoms with van der Waals surface area (Å²) >= 11 is 0. The summed E-state index contributed by atoms with van der Waals surface area (Å²) in [6, 6.07) is 19.5. The number of ether oxygens (including phenoxy) is 1. The van der Waals surface area contributed by atoms with E-state index in [1.165, 1.54) is 12.4 Å². The Labute approximate surface area is 178 Å². The highest BCUT2D eigenvalue weighted by Crippen LogP contribution is 2.18. The van der Waals surface area contributed by atoms with Crippen molar-refractivity contribution in [3.63, 3.8) is 0 Å². The zero-order chi connectivity index (χ0) is 21.8. The van der Waals surface area contributed by atoms with Crippen molar-refractivity contribution in [3.05, 3.63) is 106 Å². The lowest BCUT2D eigenvalue weighted by Gasteiger charge is -2.07. The van der Waals surface area contributed by atoms with Crippen molar-refractivity contribution in [2.24, 2.45) is 12.0 Å². The SMILES string of the molecule is Cc1c(N=Cc2cccc(OC(=O)c3ccncc3)c2)c(=O)n(-c2ccccc2)n1C. The van der Waals surface area contributed by atoms with Gasteiger partial charge in [0.15, 0.2) is 5.69 Å². The van der Waals surface area contributed by atoms with Crippen molar-refractivity contribution in [2.45, 2.75) is 6.92 Å². The minimum Gasteiger partial charge on any atom is -0.423 e. The van der Waals surface area contributed by atoms with E-state index in [0.717, 1.165) is 11.4 Å². The molecular weight excluding hydrogens is 392 g/mol. The number of esters is 1. The van der Waals surface area contributed by atoms with Gasteiger partial charge in [-0.2, -0.15) is 0 Å². The Morgan fingerprint density at radius 2 is 1.77 bits per heavy atom. The zero-order valence-corrected chi connectivity index (χ0v) is 17.1. The Bertz CT molecular complexity index is 1310. The smallest absolute Gasteiger partial charge is 0.343 e. The van der Waals surface area contributed by atoms with Gasteiger partial charge in [0.1, 0.15) is 5.75 Å². The zero-order valence-electron chi connectivity index (χ0n) is 17.1. The molecule has 0 radical (unpaired) electrons. The van der Waals surface area contributed by atoms with Crippen LogP contribution >= 0.6 is 0 Å². The Hall–Kier alpha value is -4.26. The number of benzene rings is 2. The van der Waals surface area contributed by atoms with E-state index in [-0.39, 0.29) is 5.56 Å². The van der Waals surface area contributed by atoms with Crippen LogP contribution in [0.25, 0.3) is 5.69 Å². The topological polar surface area (TPSA) is 78.5 Å². The molecule has 0 saturated heterocycles. The Balaban J connectivity index is 1.59. The van der Waals surface area contributed by atoms with Gasteiger partial charge in [0, 0.05) is 25.7 Å². The van der Waals surface area contributed by atoms with Crippen LogP contribution in [0.3, 0.4) is 0 Å². The number of carbonyl (C=O) groups is 1. The van der Waals surface area contributed by atoms with E-state index in [9.17, 15) is 9.59 Å². The molecule has 0 bridgehead atoms. The summed E-state index contributed by atoms with van der Waals surface area (Å²) in [5.74, 6) is -0.0848. The third-order valence-corrected chi connectivity index (χ3v) is 4.85. The molecular formula is C24H20N4O3. The number of nitrogens with zero attached hydrogens (tertiary/aromatic N) is 4. The molecule has 154 valence electrons. The molecule has 0 fully saturated rings. The molecule has 0 spiro atoms. The van der Waals surface area contributed by atoms with Crippen molar-refractivity contribution in [1.29, 1.82) is 0 Å². The summed E-state index contributed by atoms with van der Waals surface area (Å²) in [7, 11) is 1.82.